The van der Waals surface area contributed by atoms with E-state index in [2.05, 4.69) is 10.1 Å². The molecule has 2 aromatic rings. The quantitative estimate of drug-likeness (QED) is 0.900. The maximum Gasteiger partial charge on any atom is 0.244 e. The van der Waals surface area contributed by atoms with Gasteiger partial charge in [-0.15, -0.1) is 0 Å². The zero-order valence-electron chi connectivity index (χ0n) is 11.5. The molecule has 0 spiro atoms. The Bertz CT molecular complexity index is 607. The molecule has 0 saturated heterocycles. The smallest absolute Gasteiger partial charge is 0.244 e. The van der Waals surface area contributed by atoms with Crippen LogP contribution in [0.5, 0.6) is 11.5 Å². The van der Waals surface area contributed by atoms with Crippen molar-refractivity contribution in [1.82, 2.24) is 10.1 Å². The van der Waals surface area contributed by atoms with Gasteiger partial charge in [-0.1, -0.05) is 5.16 Å². The number of ether oxygens (including phenoxy) is 2. The molecule has 106 valence electrons. The van der Waals surface area contributed by atoms with Gasteiger partial charge in [-0.3, -0.25) is 0 Å². The molecule has 3 rings (SSSR count). The minimum absolute atomic E-state index is 0.156. The Balaban J connectivity index is 1.88. The molecule has 1 aliphatic carbocycles. The molecule has 1 aliphatic rings. The van der Waals surface area contributed by atoms with Crippen LogP contribution in [0.15, 0.2) is 22.7 Å². The van der Waals surface area contributed by atoms with Crippen molar-refractivity contribution >= 4 is 0 Å². The van der Waals surface area contributed by atoms with Crippen LogP contribution in [-0.4, -0.2) is 24.4 Å². The van der Waals surface area contributed by atoms with Crippen LogP contribution in [0.1, 0.15) is 24.8 Å². The Kier molecular flexibility index (Phi) is 3.31. The predicted octanol–water partition coefficient (Wildman–Crippen LogP) is 2.16. The van der Waals surface area contributed by atoms with Gasteiger partial charge in [-0.05, 0) is 37.0 Å². The van der Waals surface area contributed by atoms with E-state index >= 15 is 0 Å². The number of benzene rings is 1. The lowest BCUT2D eigenvalue weighted by Gasteiger charge is -2.07. The van der Waals surface area contributed by atoms with E-state index in [1.165, 1.54) is 0 Å². The average Bonchev–Trinajstić information content (AvgIpc) is 3.22. The number of hydrogen-bond acceptors (Lipinski definition) is 6. The van der Waals surface area contributed by atoms with Gasteiger partial charge in [-0.25, -0.2) is 0 Å². The Morgan fingerprint density at radius 2 is 2.00 bits per heavy atom. The van der Waals surface area contributed by atoms with Crippen molar-refractivity contribution in [3.8, 4) is 22.9 Å². The molecule has 0 aliphatic heterocycles. The maximum absolute atomic E-state index is 6.05. The lowest BCUT2D eigenvalue weighted by atomic mass is 10.2. The molecule has 1 aromatic carbocycles. The molecule has 1 unspecified atom stereocenters. The zero-order valence-corrected chi connectivity index (χ0v) is 11.5. The van der Waals surface area contributed by atoms with E-state index in [1.54, 1.807) is 14.2 Å². The van der Waals surface area contributed by atoms with E-state index in [-0.39, 0.29) is 6.04 Å². The first-order chi connectivity index (χ1) is 9.72. The summed E-state index contributed by atoms with van der Waals surface area (Å²) >= 11 is 0. The summed E-state index contributed by atoms with van der Waals surface area (Å²) in [4.78, 5) is 4.37. The van der Waals surface area contributed by atoms with Crippen LogP contribution in [0.2, 0.25) is 0 Å². The number of nitrogens with zero attached hydrogens (tertiary/aromatic N) is 2. The zero-order chi connectivity index (χ0) is 14.1. The second kappa shape index (κ2) is 5.13. The molecule has 6 heteroatoms. The lowest BCUT2D eigenvalue weighted by molar-refractivity contribution is 0.343. The summed E-state index contributed by atoms with van der Waals surface area (Å²) in [7, 11) is 3.19. The Morgan fingerprint density at radius 3 is 2.65 bits per heavy atom. The highest BCUT2D eigenvalue weighted by molar-refractivity contribution is 5.60. The summed E-state index contributed by atoms with van der Waals surface area (Å²) in [5.74, 6) is 2.78. The number of hydrogen-bond donors (Lipinski definition) is 1. The first-order valence-electron chi connectivity index (χ1n) is 6.54. The van der Waals surface area contributed by atoms with Crippen LogP contribution < -0.4 is 15.2 Å². The molecule has 1 saturated carbocycles. The third kappa shape index (κ3) is 2.34. The molecule has 2 N–H and O–H groups in total. The van der Waals surface area contributed by atoms with E-state index in [0.717, 1.165) is 18.4 Å². The molecular formula is C14H17N3O3. The van der Waals surface area contributed by atoms with E-state index in [4.69, 9.17) is 19.7 Å². The molecule has 0 amide bonds. The minimum atomic E-state index is -0.156. The fourth-order valence-electron chi connectivity index (χ4n) is 2.12. The lowest BCUT2D eigenvalue weighted by Crippen LogP contribution is -2.12. The molecule has 0 bridgehead atoms. The van der Waals surface area contributed by atoms with E-state index in [0.29, 0.717) is 29.1 Å². The van der Waals surface area contributed by atoms with E-state index < -0.39 is 0 Å². The molecule has 1 fully saturated rings. The van der Waals surface area contributed by atoms with Crippen molar-refractivity contribution in [2.45, 2.75) is 18.9 Å². The fourth-order valence-corrected chi connectivity index (χ4v) is 2.12. The third-order valence-corrected chi connectivity index (χ3v) is 3.50. The minimum Gasteiger partial charge on any atom is -0.493 e. The summed E-state index contributed by atoms with van der Waals surface area (Å²) < 4.78 is 15.7. The number of aromatic nitrogens is 2. The third-order valence-electron chi connectivity index (χ3n) is 3.50. The summed E-state index contributed by atoms with van der Waals surface area (Å²) in [6.07, 6.45) is 2.27. The Hall–Kier alpha value is -2.08. The van der Waals surface area contributed by atoms with Crippen LogP contribution in [-0.2, 0) is 0 Å². The van der Waals surface area contributed by atoms with Crippen molar-refractivity contribution < 1.29 is 14.0 Å². The summed E-state index contributed by atoms with van der Waals surface area (Å²) in [6, 6.07) is 5.33. The maximum atomic E-state index is 6.05. The van der Waals surface area contributed by atoms with Crippen molar-refractivity contribution in [1.29, 1.82) is 0 Å². The van der Waals surface area contributed by atoms with E-state index in [1.807, 2.05) is 18.2 Å². The van der Waals surface area contributed by atoms with Gasteiger partial charge < -0.3 is 19.7 Å². The molecule has 1 aromatic heterocycles. The number of rotatable bonds is 5. The number of nitrogens with two attached hydrogens (primary N) is 1. The van der Waals surface area contributed by atoms with Crippen LogP contribution >= 0.6 is 0 Å². The number of methoxy groups -OCH3 is 2. The van der Waals surface area contributed by atoms with Crippen molar-refractivity contribution in [2.75, 3.05) is 14.2 Å². The second-order valence-electron chi connectivity index (χ2n) is 4.89. The van der Waals surface area contributed by atoms with Crippen molar-refractivity contribution in [3.63, 3.8) is 0 Å². The van der Waals surface area contributed by atoms with Gasteiger partial charge in [0.2, 0.25) is 11.7 Å². The standard InChI is InChI=1S/C14H17N3O3/c1-18-10-6-5-9(7-11(10)19-2)13-16-14(20-17-13)12(15)8-3-4-8/h5-8,12H,3-4,15H2,1-2H3. The molecular weight excluding hydrogens is 258 g/mol. The predicted molar refractivity (Wildman–Crippen MR) is 72.5 cm³/mol. The van der Waals surface area contributed by atoms with Gasteiger partial charge in [0.05, 0.1) is 20.3 Å². The highest BCUT2D eigenvalue weighted by Gasteiger charge is 2.33. The van der Waals surface area contributed by atoms with Crippen LogP contribution in [0.4, 0.5) is 0 Å². The molecule has 6 nitrogen and oxygen atoms in total. The van der Waals surface area contributed by atoms with Gasteiger partial charge in [0.1, 0.15) is 0 Å². The SMILES string of the molecule is COc1ccc(-c2noc(C(N)C3CC3)n2)cc1OC. The second-order valence-corrected chi connectivity index (χ2v) is 4.89. The molecule has 20 heavy (non-hydrogen) atoms. The monoisotopic (exact) mass is 275 g/mol. The summed E-state index contributed by atoms with van der Waals surface area (Å²) in [5, 5.41) is 3.99. The first kappa shape index (κ1) is 12.9. The topological polar surface area (TPSA) is 83.4 Å². The Morgan fingerprint density at radius 1 is 1.25 bits per heavy atom. The first-order valence-corrected chi connectivity index (χ1v) is 6.54. The molecule has 0 radical (unpaired) electrons. The van der Waals surface area contributed by atoms with Gasteiger partial charge in [0.25, 0.3) is 0 Å². The van der Waals surface area contributed by atoms with Crippen LogP contribution in [0.3, 0.4) is 0 Å². The highest BCUT2D eigenvalue weighted by atomic mass is 16.5. The molecule has 1 heterocycles. The van der Waals surface area contributed by atoms with Gasteiger partial charge in [0, 0.05) is 5.56 Å². The fraction of sp³-hybridized carbons (Fsp3) is 0.429. The Labute approximate surface area is 116 Å². The largest absolute Gasteiger partial charge is 0.493 e. The average molecular weight is 275 g/mol. The van der Waals surface area contributed by atoms with Crippen molar-refractivity contribution in [3.05, 3.63) is 24.1 Å². The summed E-state index contributed by atoms with van der Waals surface area (Å²) in [6.45, 7) is 0. The van der Waals surface area contributed by atoms with Gasteiger partial charge in [0.15, 0.2) is 11.5 Å². The van der Waals surface area contributed by atoms with Crippen molar-refractivity contribution in [2.24, 2.45) is 11.7 Å². The van der Waals surface area contributed by atoms with E-state index in [9.17, 15) is 0 Å². The normalized spacial score (nSPS) is 15.9. The summed E-state index contributed by atoms with van der Waals surface area (Å²) in [5.41, 5.74) is 6.86. The van der Waals surface area contributed by atoms with Gasteiger partial charge in [-0.2, -0.15) is 4.98 Å². The molecule has 1 atom stereocenters. The highest BCUT2D eigenvalue weighted by Crippen LogP contribution is 2.39. The van der Waals surface area contributed by atoms with Crippen LogP contribution in [0, 0.1) is 5.92 Å². The van der Waals surface area contributed by atoms with Gasteiger partial charge >= 0.3 is 0 Å². The van der Waals surface area contributed by atoms with Crippen LogP contribution in [0.25, 0.3) is 11.4 Å².